The highest BCUT2D eigenvalue weighted by Crippen LogP contribution is 2.21. The van der Waals surface area contributed by atoms with Crippen LogP contribution in [-0.4, -0.2) is 13.1 Å². The Morgan fingerprint density at radius 3 is 0.877 bits per heavy atom. The lowest BCUT2D eigenvalue weighted by Gasteiger charge is -2.25. The number of benzene rings is 1. The van der Waals surface area contributed by atoms with E-state index in [1.54, 1.807) is 0 Å². The average Bonchev–Trinajstić information content (AvgIpc) is 3.24. The van der Waals surface area contributed by atoms with Gasteiger partial charge in [-0.2, -0.15) is 0 Å². The molecule has 2 nitrogen and oxygen atoms in total. The molecule has 0 fully saturated rings. The van der Waals surface area contributed by atoms with Gasteiger partial charge < -0.3 is 4.90 Å². The van der Waals surface area contributed by atoms with Gasteiger partial charge in [0.15, 0.2) is 12.4 Å². The first-order valence-corrected chi connectivity index (χ1v) is 25.8. The van der Waals surface area contributed by atoms with Crippen molar-refractivity contribution in [1.82, 2.24) is 0 Å². The first kappa shape index (κ1) is 51.1. The molecule has 0 spiro atoms. The molecule has 0 aliphatic rings. The Labute approximate surface area is 357 Å². The first-order chi connectivity index (χ1) is 28.3. The molecule has 0 saturated carbocycles. The second-order valence-electron chi connectivity index (χ2n) is 17.9. The van der Waals surface area contributed by atoms with Gasteiger partial charge in [0.1, 0.15) is 6.54 Å². The number of hydrogen-bond donors (Lipinski definition) is 0. The molecule has 2 rings (SSSR count). The predicted octanol–water partition coefficient (Wildman–Crippen LogP) is 18.1. The minimum atomic E-state index is 1.01. The number of nitrogens with zero attached hydrogens (tertiary/aromatic N) is 2. The summed E-state index contributed by atoms with van der Waals surface area (Å²) in [7, 11) is 0. The largest absolute Gasteiger partial charge is 0.372 e. The van der Waals surface area contributed by atoms with Gasteiger partial charge in [0.2, 0.25) is 0 Å². The number of hydrogen-bond acceptors (Lipinski definition) is 1. The van der Waals surface area contributed by atoms with Gasteiger partial charge in [0.05, 0.1) is 0 Å². The van der Waals surface area contributed by atoms with E-state index in [9.17, 15) is 0 Å². The normalized spacial score (nSPS) is 11.6. The Hall–Kier alpha value is -2.09. The second kappa shape index (κ2) is 39.4. The van der Waals surface area contributed by atoms with Gasteiger partial charge in [-0.15, -0.1) is 0 Å². The maximum atomic E-state index is 2.70. The summed E-state index contributed by atoms with van der Waals surface area (Å²) >= 11 is 0. The van der Waals surface area contributed by atoms with Crippen LogP contribution in [-0.2, 0) is 6.54 Å². The van der Waals surface area contributed by atoms with E-state index >= 15 is 0 Å². The van der Waals surface area contributed by atoms with Crippen LogP contribution in [0.5, 0.6) is 0 Å². The van der Waals surface area contributed by atoms with Gasteiger partial charge in [-0.1, -0.05) is 256 Å². The van der Waals surface area contributed by atoms with E-state index in [1.165, 1.54) is 261 Å². The number of rotatable bonds is 42. The summed E-state index contributed by atoms with van der Waals surface area (Å²) < 4.78 is 2.21. The lowest BCUT2D eigenvalue weighted by Crippen LogP contribution is -2.30. The molecule has 1 aromatic carbocycles. The third-order valence-corrected chi connectivity index (χ3v) is 12.6. The first-order valence-electron chi connectivity index (χ1n) is 25.8. The van der Waals surface area contributed by atoms with Gasteiger partial charge in [-0.3, -0.25) is 0 Å². The van der Waals surface area contributed by atoms with E-state index in [1.807, 2.05) is 0 Å². The average molecular weight is 786 g/mol. The second-order valence-corrected chi connectivity index (χ2v) is 17.9. The smallest absolute Gasteiger partial charge is 0.169 e. The monoisotopic (exact) mass is 786 g/mol. The Morgan fingerprint density at radius 1 is 0.333 bits per heavy atom. The lowest BCUT2D eigenvalue weighted by atomic mass is 10.0. The van der Waals surface area contributed by atoms with E-state index in [-0.39, 0.29) is 0 Å². The molecule has 57 heavy (non-hydrogen) atoms. The zero-order chi connectivity index (χ0) is 40.5. The van der Waals surface area contributed by atoms with E-state index in [4.69, 9.17) is 0 Å². The zero-order valence-electron chi connectivity index (χ0n) is 38.7. The van der Waals surface area contributed by atoms with Crippen molar-refractivity contribution < 1.29 is 4.57 Å². The highest BCUT2D eigenvalue weighted by molar-refractivity contribution is 5.70. The molecule has 0 aliphatic heterocycles. The maximum absolute atomic E-state index is 2.70. The molecule has 0 bridgehead atoms. The number of aromatic nitrogens is 1. The lowest BCUT2D eigenvalue weighted by molar-refractivity contribution is -0.693. The Morgan fingerprint density at radius 2 is 0.596 bits per heavy atom. The summed E-state index contributed by atoms with van der Waals surface area (Å²) in [6, 6.07) is 13.8. The maximum Gasteiger partial charge on any atom is 0.169 e. The van der Waals surface area contributed by atoms with Crippen molar-refractivity contribution in [2.75, 3.05) is 18.0 Å². The molecule has 0 atom stereocenters. The standard InChI is InChI=1S/C55H97N2/c1-4-7-9-11-13-15-17-19-21-23-25-27-29-31-33-35-37-39-49-57(55-45-43-53(44-46-55)41-42-54-47-51-56(6-3)52-48-54)50-40-38-36-34-32-30-28-26-24-22-20-18-16-14-12-10-8-5-2/h41-48,51-52H,4-40,49-50H2,1-3H3/q+1. The molecule has 2 aromatic rings. The fraction of sp³-hybridized carbons (Fsp3) is 0.764. The van der Waals surface area contributed by atoms with Crippen LogP contribution in [0.3, 0.4) is 0 Å². The molecule has 326 valence electrons. The number of anilines is 1. The van der Waals surface area contributed by atoms with Crippen molar-refractivity contribution in [3.8, 4) is 0 Å². The summed E-state index contributed by atoms with van der Waals surface area (Å²) in [4.78, 5) is 2.70. The molecule has 2 heteroatoms. The summed E-state index contributed by atoms with van der Waals surface area (Å²) in [5, 5.41) is 0. The van der Waals surface area contributed by atoms with E-state index < -0.39 is 0 Å². The van der Waals surface area contributed by atoms with E-state index in [2.05, 4.69) is 91.2 Å². The van der Waals surface area contributed by atoms with Crippen molar-refractivity contribution in [2.24, 2.45) is 0 Å². The molecule has 0 radical (unpaired) electrons. The van der Waals surface area contributed by atoms with Gasteiger partial charge in [0, 0.05) is 30.9 Å². The topological polar surface area (TPSA) is 7.12 Å². The third kappa shape index (κ3) is 30.6. The van der Waals surface area contributed by atoms with Crippen LogP contribution in [0.1, 0.15) is 263 Å². The van der Waals surface area contributed by atoms with Crippen LogP contribution in [0.15, 0.2) is 48.8 Å². The molecule has 0 unspecified atom stereocenters. The van der Waals surface area contributed by atoms with Gasteiger partial charge >= 0.3 is 0 Å². The fourth-order valence-electron chi connectivity index (χ4n) is 8.56. The zero-order valence-corrected chi connectivity index (χ0v) is 38.7. The van der Waals surface area contributed by atoms with Crippen LogP contribution in [0.4, 0.5) is 5.69 Å². The minimum Gasteiger partial charge on any atom is -0.372 e. The SMILES string of the molecule is CCCCCCCCCCCCCCCCCCCCN(CCCCCCCCCCCCCCCCCCCC)c1ccc(C=Cc2cc[n+](CC)cc2)cc1. The summed E-state index contributed by atoms with van der Waals surface area (Å²) in [6.45, 7) is 10.2. The number of unbranched alkanes of at least 4 members (excludes halogenated alkanes) is 34. The molecule has 0 amide bonds. The van der Waals surface area contributed by atoms with Crippen LogP contribution in [0.25, 0.3) is 12.2 Å². The fourth-order valence-corrected chi connectivity index (χ4v) is 8.56. The van der Waals surface area contributed by atoms with Crippen molar-refractivity contribution >= 4 is 17.8 Å². The van der Waals surface area contributed by atoms with Crippen molar-refractivity contribution in [2.45, 2.75) is 258 Å². The summed E-state index contributed by atoms with van der Waals surface area (Å²) in [5.74, 6) is 0. The summed E-state index contributed by atoms with van der Waals surface area (Å²) in [5.41, 5.74) is 3.95. The molecule has 0 saturated heterocycles. The number of pyridine rings is 1. The van der Waals surface area contributed by atoms with Crippen LogP contribution in [0.2, 0.25) is 0 Å². The van der Waals surface area contributed by atoms with Gasteiger partial charge in [-0.05, 0) is 43.0 Å². The Balaban J connectivity index is 1.59. The molecule has 1 aromatic heterocycles. The molecule has 1 heterocycles. The quantitative estimate of drug-likeness (QED) is 0.0480. The van der Waals surface area contributed by atoms with Crippen LogP contribution < -0.4 is 9.47 Å². The predicted molar refractivity (Wildman–Crippen MR) is 257 cm³/mol. The van der Waals surface area contributed by atoms with E-state index in [0.29, 0.717) is 0 Å². The molecule has 0 aliphatic carbocycles. The van der Waals surface area contributed by atoms with E-state index in [0.717, 1.165) is 6.54 Å². The molecule has 0 N–H and O–H groups in total. The van der Waals surface area contributed by atoms with Crippen LogP contribution in [0, 0.1) is 0 Å². The molecular formula is C55H97N2+. The van der Waals surface area contributed by atoms with Crippen molar-refractivity contribution in [1.29, 1.82) is 0 Å². The Kier molecular flexibility index (Phi) is 35.3. The third-order valence-electron chi connectivity index (χ3n) is 12.6. The van der Waals surface area contributed by atoms with Gasteiger partial charge in [0.25, 0.3) is 0 Å². The van der Waals surface area contributed by atoms with Crippen molar-refractivity contribution in [3.05, 3.63) is 59.9 Å². The number of aryl methyl sites for hydroxylation is 1. The van der Waals surface area contributed by atoms with Gasteiger partial charge in [-0.25, -0.2) is 4.57 Å². The highest BCUT2D eigenvalue weighted by Gasteiger charge is 2.07. The van der Waals surface area contributed by atoms with Crippen LogP contribution >= 0.6 is 0 Å². The highest BCUT2D eigenvalue weighted by atomic mass is 15.1. The van der Waals surface area contributed by atoms with Crippen molar-refractivity contribution in [3.63, 3.8) is 0 Å². The Bertz CT molecular complexity index is 1080. The minimum absolute atomic E-state index is 1.01. The summed E-state index contributed by atoms with van der Waals surface area (Å²) in [6.07, 6.45) is 60.6. The molecular weight excluding hydrogens is 689 g/mol.